The molecule has 1 fully saturated rings. The molecule has 0 aromatic heterocycles. The highest BCUT2D eigenvalue weighted by molar-refractivity contribution is 6.47. The molecule has 3 N–H and O–H groups in total. The zero-order valence-corrected chi connectivity index (χ0v) is 12.2. The molecule has 3 aliphatic rings. The Bertz CT molecular complexity index is 490. The van der Waals surface area contributed by atoms with Gasteiger partial charge in [0.05, 0.1) is 6.54 Å². The molecule has 7 nitrogen and oxygen atoms in total. The van der Waals surface area contributed by atoms with Gasteiger partial charge in [0.25, 0.3) is 0 Å². The Labute approximate surface area is 124 Å². The number of amidine groups is 1. The van der Waals surface area contributed by atoms with Gasteiger partial charge in [-0.05, 0) is 44.6 Å². The minimum Gasteiger partial charge on any atom is -0.330 e. The van der Waals surface area contributed by atoms with E-state index in [2.05, 4.69) is 20.4 Å². The van der Waals surface area contributed by atoms with E-state index in [4.69, 9.17) is 5.73 Å². The van der Waals surface area contributed by atoms with Crippen LogP contribution in [0.15, 0.2) is 15.0 Å². The van der Waals surface area contributed by atoms with Crippen molar-refractivity contribution in [3.05, 3.63) is 0 Å². The highest BCUT2D eigenvalue weighted by atomic mass is 16.2. The maximum atomic E-state index is 12.3. The summed E-state index contributed by atoms with van der Waals surface area (Å²) < 4.78 is 0. The lowest BCUT2D eigenvalue weighted by molar-refractivity contribution is -0.130. The predicted molar refractivity (Wildman–Crippen MR) is 82.2 cm³/mol. The molecule has 0 atom stereocenters. The molecule has 0 saturated heterocycles. The van der Waals surface area contributed by atoms with Crippen molar-refractivity contribution in [2.45, 2.75) is 32.1 Å². The largest absolute Gasteiger partial charge is 0.330 e. The Morgan fingerprint density at radius 1 is 1.38 bits per heavy atom. The van der Waals surface area contributed by atoms with Crippen LogP contribution in [0.4, 0.5) is 0 Å². The topological polar surface area (TPSA) is 95.4 Å². The summed E-state index contributed by atoms with van der Waals surface area (Å²) in [5.41, 5.74) is 9.40. The number of nitrogens with one attached hydrogen (secondary N) is 1. The molecule has 1 aliphatic carbocycles. The van der Waals surface area contributed by atoms with Crippen molar-refractivity contribution >= 4 is 23.8 Å². The van der Waals surface area contributed by atoms with Gasteiger partial charge in [0, 0.05) is 5.92 Å². The molecule has 2 aliphatic heterocycles. The van der Waals surface area contributed by atoms with E-state index in [1.54, 1.807) is 0 Å². The van der Waals surface area contributed by atoms with E-state index in [1.165, 1.54) is 6.34 Å². The Kier molecular flexibility index (Phi) is 4.40. The van der Waals surface area contributed by atoms with Gasteiger partial charge in [0.15, 0.2) is 5.84 Å². The van der Waals surface area contributed by atoms with Crippen molar-refractivity contribution in [3.8, 4) is 0 Å². The number of carbonyl (C=O) groups is 1. The lowest BCUT2D eigenvalue weighted by Crippen LogP contribution is -2.50. The maximum absolute atomic E-state index is 12.3. The molecule has 0 aromatic rings. The summed E-state index contributed by atoms with van der Waals surface area (Å²) in [5, 5.41) is 1.81. The number of hydrogen-bond acceptors (Lipinski definition) is 6. The maximum Gasteiger partial charge on any atom is 0.237 e. The van der Waals surface area contributed by atoms with Crippen LogP contribution in [0.2, 0.25) is 0 Å². The van der Waals surface area contributed by atoms with Crippen molar-refractivity contribution in [1.82, 2.24) is 10.4 Å². The van der Waals surface area contributed by atoms with Gasteiger partial charge < -0.3 is 5.73 Å². The number of aliphatic imine (C=N–C) groups is 3. The number of rotatable bonds is 4. The van der Waals surface area contributed by atoms with Gasteiger partial charge >= 0.3 is 0 Å². The van der Waals surface area contributed by atoms with Crippen LogP contribution in [-0.4, -0.2) is 48.6 Å². The number of nitrogens with two attached hydrogens (primary N) is 1. The second kappa shape index (κ2) is 6.44. The monoisotopic (exact) mass is 290 g/mol. The van der Waals surface area contributed by atoms with Crippen molar-refractivity contribution in [1.29, 1.82) is 0 Å². The summed E-state index contributed by atoms with van der Waals surface area (Å²) in [6.07, 6.45) is 6.73. The van der Waals surface area contributed by atoms with Crippen molar-refractivity contribution in [2.24, 2.45) is 32.5 Å². The number of hydrazine groups is 1. The van der Waals surface area contributed by atoms with E-state index < -0.39 is 0 Å². The number of nitrogens with zero attached hydrogens (tertiary/aromatic N) is 4. The first kappa shape index (κ1) is 14.3. The van der Waals surface area contributed by atoms with Crippen LogP contribution in [0.5, 0.6) is 0 Å². The van der Waals surface area contributed by atoms with Crippen molar-refractivity contribution < 1.29 is 4.79 Å². The zero-order valence-electron chi connectivity index (χ0n) is 12.2. The first-order valence-corrected chi connectivity index (χ1v) is 7.66. The molecule has 0 radical (unpaired) electrons. The minimum atomic E-state index is 0.111. The van der Waals surface area contributed by atoms with Crippen LogP contribution in [0.3, 0.4) is 0 Å². The normalized spacial score (nSPS) is 28.8. The third-order valence-corrected chi connectivity index (χ3v) is 4.44. The van der Waals surface area contributed by atoms with E-state index in [9.17, 15) is 4.79 Å². The lowest BCUT2D eigenvalue weighted by Gasteiger charge is -2.30. The van der Waals surface area contributed by atoms with Crippen LogP contribution in [0, 0.1) is 11.8 Å². The van der Waals surface area contributed by atoms with Crippen molar-refractivity contribution in [3.63, 3.8) is 0 Å². The molecule has 0 aromatic carbocycles. The summed E-state index contributed by atoms with van der Waals surface area (Å²) in [6.45, 7) is 1.77. The Balaban J connectivity index is 1.47. The second-order valence-electron chi connectivity index (χ2n) is 5.91. The molecule has 1 amide bonds. The van der Waals surface area contributed by atoms with E-state index >= 15 is 0 Å². The molecule has 21 heavy (non-hydrogen) atoms. The molecule has 3 rings (SSSR count). The first-order chi connectivity index (χ1) is 10.3. The smallest absolute Gasteiger partial charge is 0.237 e. The standard InChI is InChI=1S/C14H22N6O/c15-6-5-10-1-3-11(4-2-10)14(21)19-20-7-12-13(18-9-20)17-8-16-12/h8,10-11H,1-7,9,15H2,(H,19,21). The average Bonchev–Trinajstić information content (AvgIpc) is 2.96. The number of hydrogen-bond donors (Lipinski definition) is 2. The summed E-state index contributed by atoms with van der Waals surface area (Å²) in [7, 11) is 0. The minimum absolute atomic E-state index is 0.111. The molecule has 0 spiro atoms. The molecule has 7 heteroatoms. The average molecular weight is 290 g/mol. The lowest BCUT2D eigenvalue weighted by atomic mass is 9.80. The molecule has 0 bridgehead atoms. The Morgan fingerprint density at radius 2 is 2.19 bits per heavy atom. The molecule has 114 valence electrons. The highest BCUT2D eigenvalue weighted by Gasteiger charge is 2.28. The second-order valence-corrected chi connectivity index (χ2v) is 5.91. The van der Waals surface area contributed by atoms with Gasteiger partial charge in [-0.25, -0.2) is 15.0 Å². The Hall–Kier alpha value is -1.60. The third-order valence-electron chi connectivity index (χ3n) is 4.44. The molecular formula is C14H22N6O. The first-order valence-electron chi connectivity index (χ1n) is 7.66. The van der Waals surface area contributed by atoms with Crippen molar-refractivity contribution in [2.75, 3.05) is 19.8 Å². The molecule has 2 heterocycles. The van der Waals surface area contributed by atoms with E-state index in [1.807, 2.05) is 5.01 Å². The molecule has 0 unspecified atom stereocenters. The molecule has 1 saturated carbocycles. The van der Waals surface area contributed by atoms with Gasteiger partial charge in [-0.15, -0.1) is 0 Å². The number of carbonyl (C=O) groups excluding carboxylic acids is 1. The summed E-state index contributed by atoms with van der Waals surface area (Å²) in [5.74, 6) is 1.62. The third kappa shape index (κ3) is 3.36. The van der Waals surface area contributed by atoms with E-state index in [0.29, 0.717) is 25.0 Å². The van der Waals surface area contributed by atoms with Gasteiger partial charge in [-0.2, -0.15) is 5.01 Å². The number of amides is 1. The highest BCUT2D eigenvalue weighted by Crippen LogP contribution is 2.30. The summed E-state index contributed by atoms with van der Waals surface area (Å²) in [6, 6.07) is 0. The molecular weight excluding hydrogens is 268 g/mol. The van der Waals surface area contributed by atoms with Crippen LogP contribution in [0.25, 0.3) is 0 Å². The quantitative estimate of drug-likeness (QED) is 0.781. The van der Waals surface area contributed by atoms with Crippen LogP contribution < -0.4 is 11.2 Å². The van der Waals surface area contributed by atoms with Gasteiger partial charge in [-0.1, -0.05) is 0 Å². The van der Waals surface area contributed by atoms with E-state index in [0.717, 1.165) is 44.4 Å². The fourth-order valence-electron chi connectivity index (χ4n) is 3.18. The van der Waals surface area contributed by atoms with Gasteiger partial charge in [0.2, 0.25) is 5.91 Å². The van der Waals surface area contributed by atoms with Gasteiger partial charge in [0.1, 0.15) is 18.7 Å². The van der Waals surface area contributed by atoms with Gasteiger partial charge in [-0.3, -0.25) is 10.2 Å². The van der Waals surface area contributed by atoms with Crippen LogP contribution in [0.1, 0.15) is 32.1 Å². The summed E-state index contributed by atoms with van der Waals surface area (Å²) >= 11 is 0. The fourth-order valence-corrected chi connectivity index (χ4v) is 3.18. The van der Waals surface area contributed by atoms with Crippen LogP contribution in [-0.2, 0) is 4.79 Å². The fraction of sp³-hybridized carbons (Fsp3) is 0.714. The Morgan fingerprint density at radius 3 is 2.95 bits per heavy atom. The number of fused-ring (bicyclic) bond motifs is 1. The zero-order chi connectivity index (χ0) is 14.7. The summed E-state index contributed by atoms with van der Waals surface area (Å²) in [4.78, 5) is 24.8. The van der Waals surface area contributed by atoms with E-state index in [-0.39, 0.29) is 11.8 Å². The van der Waals surface area contributed by atoms with Crippen LogP contribution >= 0.6 is 0 Å². The predicted octanol–water partition coefficient (Wildman–Crippen LogP) is 0.327. The SMILES string of the molecule is NCCC1CCC(C(=O)NN2CN=C3N=CN=C3C2)CC1.